The second-order valence-corrected chi connectivity index (χ2v) is 6.18. The molecule has 27 heavy (non-hydrogen) atoms. The lowest BCUT2D eigenvalue weighted by Crippen LogP contribution is -1.99. The zero-order valence-corrected chi connectivity index (χ0v) is 15.2. The van der Waals surface area contributed by atoms with Crippen molar-refractivity contribution in [3.63, 3.8) is 0 Å². The number of rotatable bonds is 5. The maximum atomic E-state index is 6.17. The highest BCUT2D eigenvalue weighted by atomic mass is 35.5. The number of aromatic nitrogens is 3. The predicted molar refractivity (Wildman–Crippen MR) is 108 cm³/mol. The highest BCUT2D eigenvalue weighted by molar-refractivity contribution is 6.32. The van der Waals surface area contributed by atoms with Crippen molar-refractivity contribution in [1.82, 2.24) is 15.0 Å². The van der Waals surface area contributed by atoms with E-state index >= 15 is 0 Å². The van der Waals surface area contributed by atoms with E-state index in [4.69, 9.17) is 16.3 Å². The van der Waals surface area contributed by atoms with Crippen molar-refractivity contribution in [3.8, 4) is 5.75 Å². The lowest BCUT2D eigenvalue weighted by Gasteiger charge is -2.11. The minimum Gasteiger partial charge on any atom is -0.495 e. The van der Waals surface area contributed by atoms with Gasteiger partial charge in [-0.1, -0.05) is 29.8 Å². The van der Waals surface area contributed by atoms with Gasteiger partial charge in [0.1, 0.15) is 23.7 Å². The molecule has 0 aliphatic rings. The molecule has 0 aliphatic carbocycles. The van der Waals surface area contributed by atoms with E-state index in [0.29, 0.717) is 22.4 Å². The van der Waals surface area contributed by atoms with Crippen LogP contribution in [0.25, 0.3) is 10.9 Å². The number of hydrogen-bond donors (Lipinski definition) is 2. The van der Waals surface area contributed by atoms with E-state index in [2.05, 4.69) is 25.6 Å². The number of pyridine rings is 1. The molecule has 4 rings (SSSR count). The van der Waals surface area contributed by atoms with E-state index in [-0.39, 0.29) is 0 Å². The molecule has 2 heterocycles. The fraction of sp³-hybridized carbons (Fsp3) is 0.0500. The molecule has 0 fully saturated rings. The third-order valence-corrected chi connectivity index (χ3v) is 4.28. The van der Waals surface area contributed by atoms with Crippen LogP contribution in [0.1, 0.15) is 0 Å². The van der Waals surface area contributed by atoms with Crippen LogP contribution in [0.2, 0.25) is 5.02 Å². The Morgan fingerprint density at radius 2 is 1.70 bits per heavy atom. The number of benzene rings is 2. The van der Waals surface area contributed by atoms with E-state index in [1.807, 2.05) is 42.5 Å². The highest BCUT2D eigenvalue weighted by Crippen LogP contribution is 2.29. The standard InChI is InChI=1S/C20H16ClN5O/c1-27-17-8-7-14(10-15(17)21)25-18-11-19(24-12-23-18)26-16-6-2-4-13-5-3-9-22-20(13)16/h2-12H,1H3,(H2,23,24,25,26). The van der Waals surface area contributed by atoms with Crippen LogP contribution in [0.4, 0.5) is 23.0 Å². The molecule has 4 aromatic rings. The quantitative estimate of drug-likeness (QED) is 0.499. The van der Waals surface area contributed by atoms with E-state index in [1.165, 1.54) is 6.33 Å². The Morgan fingerprint density at radius 3 is 2.52 bits per heavy atom. The van der Waals surface area contributed by atoms with Gasteiger partial charge in [0.05, 0.1) is 23.3 Å². The fourth-order valence-corrected chi connectivity index (χ4v) is 2.99. The van der Waals surface area contributed by atoms with E-state index in [1.54, 1.807) is 25.4 Å². The molecule has 0 aliphatic heterocycles. The summed E-state index contributed by atoms with van der Waals surface area (Å²) in [7, 11) is 1.58. The zero-order chi connectivity index (χ0) is 18.6. The van der Waals surface area contributed by atoms with Crippen LogP contribution >= 0.6 is 11.6 Å². The Balaban J connectivity index is 1.58. The molecule has 0 bridgehead atoms. The molecule has 134 valence electrons. The predicted octanol–water partition coefficient (Wildman–Crippen LogP) is 5.17. The second kappa shape index (κ2) is 7.47. The van der Waals surface area contributed by atoms with Crippen molar-refractivity contribution in [3.05, 3.63) is 72.1 Å². The minimum absolute atomic E-state index is 0.525. The Kier molecular flexibility index (Phi) is 4.72. The van der Waals surface area contributed by atoms with Crippen molar-refractivity contribution in [2.24, 2.45) is 0 Å². The summed E-state index contributed by atoms with van der Waals surface area (Å²) < 4.78 is 5.17. The Hall–Kier alpha value is -3.38. The summed E-state index contributed by atoms with van der Waals surface area (Å²) in [6, 6.07) is 17.2. The molecule has 6 nitrogen and oxygen atoms in total. The topological polar surface area (TPSA) is 72.0 Å². The largest absolute Gasteiger partial charge is 0.495 e. The van der Waals surface area contributed by atoms with Crippen LogP contribution in [0, 0.1) is 0 Å². The lowest BCUT2D eigenvalue weighted by atomic mass is 10.2. The van der Waals surface area contributed by atoms with Crippen LogP contribution < -0.4 is 15.4 Å². The van der Waals surface area contributed by atoms with Gasteiger partial charge < -0.3 is 15.4 Å². The number of halogens is 1. The molecule has 0 spiro atoms. The summed E-state index contributed by atoms with van der Waals surface area (Å²) in [6.45, 7) is 0. The van der Waals surface area contributed by atoms with Gasteiger partial charge in [-0.15, -0.1) is 0 Å². The first-order valence-electron chi connectivity index (χ1n) is 8.26. The molecule has 2 N–H and O–H groups in total. The molecule has 7 heteroatoms. The number of anilines is 4. The van der Waals surface area contributed by atoms with Crippen LogP contribution in [-0.2, 0) is 0 Å². The molecule has 0 radical (unpaired) electrons. The summed E-state index contributed by atoms with van der Waals surface area (Å²) in [5.41, 5.74) is 2.57. The van der Waals surface area contributed by atoms with Crippen LogP contribution in [0.15, 0.2) is 67.1 Å². The van der Waals surface area contributed by atoms with Crippen LogP contribution in [0.3, 0.4) is 0 Å². The third-order valence-electron chi connectivity index (χ3n) is 3.99. The third kappa shape index (κ3) is 3.75. The first-order valence-corrected chi connectivity index (χ1v) is 8.64. The average molecular weight is 378 g/mol. The average Bonchev–Trinajstić information content (AvgIpc) is 2.69. The Morgan fingerprint density at radius 1 is 0.889 bits per heavy atom. The number of nitrogens with zero attached hydrogens (tertiary/aromatic N) is 3. The van der Waals surface area contributed by atoms with Crippen molar-refractivity contribution in [2.75, 3.05) is 17.7 Å². The van der Waals surface area contributed by atoms with Crippen molar-refractivity contribution >= 4 is 45.5 Å². The first-order chi connectivity index (χ1) is 13.2. The molecule has 0 unspecified atom stereocenters. The summed E-state index contributed by atoms with van der Waals surface area (Å²) >= 11 is 6.17. The van der Waals surface area contributed by atoms with E-state index in [9.17, 15) is 0 Å². The summed E-state index contributed by atoms with van der Waals surface area (Å²) in [5.74, 6) is 1.92. The molecule has 2 aromatic heterocycles. The van der Waals surface area contributed by atoms with E-state index in [0.717, 1.165) is 22.3 Å². The van der Waals surface area contributed by atoms with Gasteiger partial charge in [0.2, 0.25) is 0 Å². The maximum absolute atomic E-state index is 6.17. The van der Waals surface area contributed by atoms with Gasteiger partial charge in [-0.2, -0.15) is 0 Å². The lowest BCUT2D eigenvalue weighted by molar-refractivity contribution is 0.415. The first kappa shape index (κ1) is 17.1. The molecular weight excluding hydrogens is 362 g/mol. The number of fused-ring (bicyclic) bond motifs is 1. The molecular formula is C20H16ClN5O. The summed E-state index contributed by atoms with van der Waals surface area (Å²) in [6.07, 6.45) is 3.27. The minimum atomic E-state index is 0.525. The number of nitrogens with one attached hydrogen (secondary N) is 2. The molecule has 0 saturated carbocycles. The molecule has 0 amide bonds. The monoisotopic (exact) mass is 377 g/mol. The van der Waals surface area contributed by atoms with Gasteiger partial charge in [0.15, 0.2) is 0 Å². The number of hydrogen-bond acceptors (Lipinski definition) is 6. The number of ether oxygens (including phenoxy) is 1. The fourth-order valence-electron chi connectivity index (χ4n) is 2.73. The maximum Gasteiger partial charge on any atom is 0.137 e. The van der Waals surface area contributed by atoms with Gasteiger partial charge >= 0.3 is 0 Å². The molecule has 0 atom stereocenters. The van der Waals surface area contributed by atoms with Crippen LogP contribution in [-0.4, -0.2) is 22.1 Å². The van der Waals surface area contributed by atoms with Gasteiger partial charge in [0.25, 0.3) is 0 Å². The number of methoxy groups -OCH3 is 1. The zero-order valence-electron chi connectivity index (χ0n) is 14.5. The van der Waals surface area contributed by atoms with Crippen LogP contribution in [0.5, 0.6) is 5.75 Å². The summed E-state index contributed by atoms with van der Waals surface area (Å²) in [5, 5.41) is 8.10. The Bertz CT molecular complexity index is 1100. The molecule has 0 saturated heterocycles. The Labute approximate surface area is 161 Å². The van der Waals surface area contributed by atoms with Gasteiger partial charge in [-0.05, 0) is 30.3 Å². The SMILES string of the molecule is COc1ccc(Nc2cc(Nc3cccc4cccnc34)ncn2)cc1Cl. The van der Waals surface area contributed by atoms with Gasteiger partial charge in [-0.3, -0.25) is 4.98 Å². The van der Waals surface area contributed by atoms with Gasteiger partial charge in [0, 0.05) is 23.3 Å². The highest BCUT2D eigenvalue weighted by Gasteiger charge is 2.06. The summed E-state index contributed by atoms with van der Waals surface area (Å²) in [4.78, 5) is 13.0. The van der Waals surface area contributed by atoms with Gasteiger partial charge in [-0.25, -0.2) is 9.97 Å². The van der Waals surface area contributed by atoms with E-state index < -0.39 is 0 Å². The van der Waals surface area contributed by atoms with Crippen molar-refractivity contribution < 1.29 is 4.74 Å². The molecule has 2 aromatic carbocycles. The normalized spacial score (nSPS) is 10.6. The smallest absolute Gasteiger partial charge is 0.137 e. The van der Waals surface area contributed by atoms with Crippen molar-refractivity contribution in [1.29, 1.82) is 0 Å². The van der Waals surface area contributed by atoms with Crippen molar-refractivity contribution in [2.45, 2.75) is 0 Å². The number of para-hydroxylation sites is 1. The second-order valence-electron chi connectivity index (χ2n) is 5.77.